The van der Waals surface area contributed by atoms with Crippen LogP contribution in [-0.4, -0.2) is 20.0 Å². The van der Waals surface area contributed by atoms with Crippen LogP contribution >= 0.6 is 0 Å². The minimum atomic E-state index is -0.134. The van der Waals surface area contributed by atoms with Crippen LogP contribution in [0.25, 0.3) is 0 Å². The van der Waals surface area contributed by atoms with Gasteiger partial charge in [0.1, 0.15) is 5.78 Å². The summed E-state index contributed by atoms with van der Waals surface area (Å²) in [4.78, 5) is 12.6. The van der Waals surface area contributed by atoms with Crippen molar-refractivity contribution in [3.05, 3.63) is 23.8 Å². The summed E-state index contributed by atoms with van der Waals surface area (Å²) in [7, 11) is 3.23. The van der Waals surface area contributed by atoms with E-state index in [9.17, 15) is 4.79 Å². The van der Waals surface area contributed by atoms with Gasteiger partial charge >= 0.3 is 0 Å². The van der Waals surface area contributed by atoms with Crippen LogP contribution in [0.4, 0.5) is 0 Å². The molecule has 0 aromatic heterocycles. The van der Waals surface area contributed by atoms with Crippen LogP contribution in [0, 0.1) is 5.41 Å². The highest BCUT2D eigenvalue weighted by Gasteiger charge is 2.33. The molecule has 2 rings (SSSR count). The third-order valence-electron chi connectivity index (χ3n) is 4.44. The molecule has 1 fully saturated rings. The Bertz CT molecular complexity index is 473. The van der Waals surface area contributed by atoms with E-state index in [0.29, 0.717) is 23.7 Å². The molecule has 0 saturated heterocycles. The maximum absolute atomic E-state index is 12.6. The summed E-state index contributed by atoms with van der Waals surface area (Å²) in [5, 5.41) is 0. The third kappa shape index (κ3) is 3.14. The number of rotatable bonds is 5. The molecule has 0 radical (unpaired) electrons. The van der Waals surface area contributed by atoms with Gasteiger partial charge in [-0.15, -0.1) is 0 Å². The van der Waals surface area contributed by atoms with E-state index in [1.54, 1.807) is 14.2 Å². The zero-order valence-corrected chi connectivity index (χ0v) is 12.7. The summed E-state index contributed by atoms with van der Waals surface area (Å²) < 4.78 is 10.5. The highest BCUT2D eigenvalue weighted by atomic mass is 16.5. The Balaban J connectivity index is 2.11. The van der Waals surface area contributed by atoms with Crippen LogP contribution in [0.15, 0.2) is 18.2 Å². The molecule has 0 unspecified atom stereocenters. The molecule has 1 aliphatic rings. The van der Waals surface area contributed by atoms with Crippen molar-refractivity contribution in [2.45, 2.75) is 45.4 Å². The smallest absolute Gasteiger partial charge is 0.161 e. The molecule has 0 bridgehead atoms. The zero-order valence-electron chi connectivity index (χ0n) is 12.7. The second-order valence-electron chi connectivity index (χ2n) is 5.91. The highest BCUT2D eigenvalue weighted by Crippen LogP contribution is 2.38. The fourth-order valence-electron chi connectivity index (χ4n) is 3.00. The maximum atomic E-state index is 12.6. The van der Waals surface area contributed by atoms with E-state index in [1.807, 2.05) is 18.2 Å². The standard InChI is InChI=1S/C17H24O3/c1-17(9-5-4-6-10-17)16(18)12-13-7-8-14(19-2)15(11-13)20-3/h7-8,11H,4-6,9-10,12H2,1-3H3. The van der Waals surface area contributed by atoms with E-state index in [1.165, 1.54) is 19.3 Å². The highest BCUT2D eigenvalue weighted by molar-refractivity contribution is 5.86. The van der Waals surface area contributed by atoms with Gasteiger partial charge in [0, 0.05) is 11.8 Å². The molecule has 1 aromatic rings. The third-order valence-corrected chi connectivity index (χ3v) is 4.44. The summed E-state index contributed by atoms with van der Waals surface area (Å²) in [5.41, 5.74) is 0.866. The van der Waals surface area contributed by atoms with Gasteiger partial charge in [-0.2, -0.15) is 0 Å². The fourth-order valence-corrected chi connectivity index (χ4v) is 3.00. The zero-order chi connectivity index (χ0) is 14.6. The number of carbonyl (C=O) groups is 1. The molecule has 20 heavy (non-hydrogen) atoms. The second-order valence-corrected chi connectivity index (χ2v) is 5.91. The predicted octanol–water partition coefficient (Wildman–Crippen LogP) is 3.79. The van der Waals surface area contributed by atoms with Gasteiger partial charge in [-0.25, -0.2) is 0 Å². The maximum Gasteiger partial charge on any atom is 0.161 e. The van der Waals surface area contributed by atoms with Crippen molar-refractivity contribution in [3.63, 3.8) is 0 Å². The molecule has 3 heteroatoms. The van der Waals surface area contributed by atoms with Gasteiger partial charge in [0.15, 0.2) is 11.5 Å². The van der Waals surface area contributed by atoms with Crippen LogP contribution in [0.1, 0.15) is 44.6 Å². The largest absolute Gasteiger partial charge is 0.493 e. The molecule has 110 valence electrons. The van der Waals surface area contributed by atoms with Crippen molar-refractivity contribution in [2.24, 2.45) is 5.41 Å². The van der Waals surface area contributed by atoms with E-state index < -0.39 is 0 Å². The average Bonchev–Trinajstić information content (AvgIpc) is 2.47. The Labute approximate surface area is 121 Å². The van der Waals surface area contributed by atoms with Gasteiger partial charge in [0.05, 0.1) is 14.2 Å². The summed E-state index contributed by atoms with van der Waals surface area (Å²) in [6.45, 7) is 2.12. The van der Waals surface area contributed by atoms with Crippen molar-refractivity contribution in [2.75, 3.05) is 14.2 Å². The van der Waals surface area contributed by atoms with E-state index in [-0.39, 0.29) is 5.41 Å². The molecule has 0 aliphatic heterocycles. The molecular weight excluding hydrogens is 252 g/mol. The Morgan fingerprint density at radius 3 is 2.35 bits per heavy atom. The van der Waals surface area contributed by atoms with Gasteiger partial charge in [-0.1, -0.05) is 32.3 Å². The van der Waals surface area contributed by atoms with Crippen molar-refractivity contribution < 1.29 is 14.3 Å². The Kier molecular flexibility index (Phi) is 4.69. The van der Waals surface area contributed by atoms with E-state index in [2.05, 4.69) is 6.92 Å². The minimum Gasteiger partial charge on any atom is -0.493 e. The first kappa shape index (κ1) is 14.9. The van der Waals surface area contributed by atoms with E-state index >= 15 is 0 Å². The molecule has 0 atom stereocenters. The fraction of sp³-hybridized carbons (Fsp3) is 0.588. The monoisotopic (exact) mass is 276 g/mol. The predicted molar refractivity (Wildman–Crippen MR) is 79.4 cm³/mol. The first-order valence-corrected chi connectivity index (χ1v) is 7.33. The van der Waals surface area contributed by atoms with Crippen molar-refractivity contribution in [1.82, 2.24) is 0 Å². The number of benzene rings is 1. The molecular formula is C17H24O3. The molecule has 1 aromatic carbocycles. The lowest BCUT2D eigenvalue weighted by molar-refractivity contribution is -0.128. The first-order valence-electron chi connectivity index (χ1n) is 7.33. The van der Waals surface area contributed by atoms with Crippen LogP contribution in [-0.2, 0) is 11.2 Å². The molecule has 1 saturated carbocycles. The number of methoxy groups -OCH3 is 2. The summed E-state index contributed by atoms with van der Waals surface area (Å²) >= 11 is 0. The number of hydrogen-bond donors (Lipinski definition) is 0. The molecule has 0 N–H and O–H groups in total. The molecule has 0 heterocycles. The Hall–Kier alpha value is -1.51. The number of hydrogen-bond acceptors (Lipinski definition) is 3. The van der Waals surface area contributed by atoms with Gasteiger partial charge < -0.3 is 9.47 Å². The number of ketones is 1. The Morgan fingerprint density at radius 2 is 1.75 bits per heavy atom. The molecule has 0 amide bonds. The Morgan fingerprint density at radius 1 is 1.10 bits per heavy atom. The number of carbonyl (C=O) groups excluding carboxylic acids is 1. The normalized spacial score (nSPS) is 17.6. The van der Waals surface area contributed by atoms with Gasteiger partial charge in [-0.05, 0) is 30.5 Å². The lowest BCUT2D eigenvalue weighted by Crippen LogP contribution is -2.31. The average molecular weight is 276 g/mol. The quantitative estimate of drug-likeness (QED) is 0.821. The summed E-state index contributed by atoms with van der Waals surface area (Å²) in [6.07, 6.45) is 6.15. The van der Waals surface area contributed by atoms with Crippen LogP contribution in [0.3, 0.4) is 0 Å². The molecule has 0 spiro atoms. The van der Waals surface area contributed by atoms with Crippen molar-refractivity contribution in [1.29, 1.82) is 0 Å². The minimum absolute atomic E-state index is 0.134. The van der Waals surface area contributed by atoms with Crippen LogP contribution < -0.4 is 9.47 Å². The van der Waals surface area contributed by atoms with Crippen molar-refractivity contribution >= 4 is 5.78 Å². The van der Waals surface area contributed by atoms with Gasteiger partial charge in [0.2, 0.25) is 0 Å². The lowest BCUT2D eigenvalue weighted by Gasteiger charge is -2.32. The second kappa shape index (κ2) is 6.29. The SMILES string of the molecule is COc1ccc(CC(=O)C2(C)CCCCC2)cc1OC. The summed E-state index contributed by atoms with van der Waals surface area (Å²) in [5.74, 6) is 1.74. The van der Waals surface area contributed by atoms with Crippen molar-refractivity contribution in [3.8, 4) is 11.5 Å². The number of Topliss-reactive ketones (excluding diaryl/α,β-unsaturated/α-hetero) is 1. The molecule has 3 nitrogen and oxygen atoms in total. The van der Waals surface area contributed by atoms with E-state index in [4.69, 9.17) is 9.47 Å². The van der Waals surface area contributed by atoms with E-state index in [0.717, 1.165) is 18.4 Å². The topological polar surface area (TPSA) is 35.5 Å². The number of ether oxygens (including phenoxy) is 2. The lowest BCUT2D eigenvalue weighted by atomic mass is 9.71. The van der Waals surface area contributed by atoms with Crippen LogP contribution in [0.2, 0.25) is 0 Å². The summed E-state index contributed by atoms with van der Waals surface area (Å²) in [6, 6.07) is 5.72. The first-order chi connectivity index (χ1) is 9.59. The van der Waals surface area contributed by atoms with Crippen LogP contribution in [0.5, 0.6) is 11.5 Å². The molecule has 1 aliphatic carbocycles. The van der Waals surface area contributed by atoms with Gasteiger partial charge in [-0.3, -0.25) is 4.79 Å². The van der Waals surface area contributed by atoms with Gasteiger partial charge in [0.25, 0.3) is 0 Å².